The molecule has 0 unspecified atom stereocenters. The molecule has 0 aromatic heterocycles. The Kier molecular flexibility index (Phi) is 3.38. The van der Waals surface area contributed by atoms with Crippen LogP contribution in [0.25, 0.3) is 0 Å². The number of benzene rings is 1. The van der Waals surface area contributed by atoms with E-state index in [0.717, 1.165) is 11.1 Å². The van der Waals surface area contributed by atoms with Crippen LogP contribution in [-0.4, -0.2) is 29.1 Å². The van der Waals surface area contributed by atoms with E-state index < -0.39 is 5.97 Å². The number of aryl methyl sites for hydroxylation is 1. The number of carboxylic acids is 1. The van der Waals surface area contributed by atoms with E-state index in [0.29, 0.717) is 5.75 Å². The molecule has 0 aliphatic carbocycles. The molecule has 4 nitrogen and oxygen atoms in total. The van der Waals surface area contributed by atoms with Gasteiger partial charge in [-0.2, -0.15) is 0 Å². The van der Waals surface area contributed by atoms with Gasteiger partial charge < -0.3 is 14.8 Å². The van der Waals surface area contributed by atoms with Crippen molar-refractivity contribution in [1.29, 1.82) is 0 Å². The first kappa shape index (κ1) is 12.0. The van der Waals surface area contributed by atoms with Crippen molar-refractivity contribution in [2.24, 2.45) is 0 Å². The Balaban J connectivity index is 2.28. The Morgan fingerprint density at radius 3 is 2.88 bits per heavy atom. The molecule has 1 fully saturated rings. The van der Waals surface area contributed by atoms with Crippen LogP contribution in [0.1, 0.15) is 16.5 Å². The molecule has 1 aliphatic heterocycles. The standard InChI is InChI=1S/C12H13NO3S/c1-8-4-2-3-5-9(8)12-13(6-11(15)16)10(14)7-17-12/h2-5,12H,6-7H2,1H3,(H,15,16)/p-1/t12-/m1/s1. The Bertz CT molecular complexity index is 461. The van der Waals surface area contributed by atoms with E-state index in [1.54, 1.807) is 0 Å². The van der Waals surface area contributed by atoms with Crippen molar-refractivity contribution in [3.8, 4) is 0 Å². The fraction of sp³-hybridized carbons (Fsp3) is 0.333. The van der Waals surface area contributed by atoms with Crippen molar-refractivity contribution in [3.05, 3.63) is 35.4 Å². The number of aliphatic carboxylic acids is 1. The summed E-state index contributed by atoms with van der Waals surface area (Å²) in [6.07, 6.45) is 0. The van der Waals surface area contributed by atoms with Crippen LogP contribution in [0.5, 0.6) is 0 Å². The molecule has 1 aromatic rings. The molecule has 1 aliphatic rings. The summed E-state index contributed by atoms with van der Waals surface area (Å²) >= 11 is 1.45. The first-order valence-electron chi connectivity index (χ1n) is 5.26. The van der Waals surface area contributed by atoms with Gasteiger partial charge in [-0.1, -0.05) is 24.3 Å². The zero-order chi connectivity index (χ0) is 12.4. The van der Waals surface area contributed by atoms with E-state index in [-0.39, 0.29) is 17.8 Å². The van der Waals surface area contributed by atoms with Crippen LogP contribution >= 0.6 is 11.8 Å². The molecular formula is C12H12NO3S-. The van der Waals surface area contributed by atoms with Crippen LogP contribution in [-0.2, 0) is 9.59 Å². The minimum Gasteiger partial charge on any atom is -0.548 e. The molecule has 5 heteroatoms. The van der Waals surface area contributed by atoms with Crippen molar-refractivity contribution in [3.63, 3.8) is 0 Å². The highest BCUT2D eigenvalue weighted by atomic mass is 32.2. The molecule has 0 saturated carbocycles. The second-order valence-corrected chi connectivity index (χ2v) is 4.98. The SMILES string of the molecule is Cc1ccccc1[C@H]1SCC(=O)N1CC(=O)[O-]. The maximum atomic E-state index is 11.6. The summed E-state index contributed by atoms with van der Waals surface area (Å²) < 4.78 is 0. The fourth-order valence-corrected chi connectivity index (χ4v) is 3.17. The van der Waals surface area contributed by atoms with Crippen LogP contribution in [0.15, 0.2) is 24.3 Å². The van der Waals surface area contributed by atoms with Gasteiger partial charge in [-0.05, 0) is 18.1 Å². The Labute approximate surface area is 104 Å². The molecule has 0 N–H and O–H groups in total. The molecule has 90 valence electrons. The molecule has 2 rings (SSSR count). The van der Waals surface area contributed by atoms with Crippen molar-refractivity contribution in [1.82, 2.24) is 4.90 Å². The summed E-state index contributed by atoms with van der Waals surface area (Å²) in [5.41, 5.74) is 2.05. The molecule has 1 aromatic carbocycles. The summed E-state index contributed by atoms with van der Waals surface area (Å²) in [6, 6.07) is 7.69. The highest BCUT2D eigenvalue weighted by molar-refractivity contribution is 8.00. The van der Waals surface area contributed by atoms with Crippen molar-refractivity contribution in [2.75, 3.05) is 12.3 Å². The van der Waals surface area contributed by atoms with Gasteiger partial charge in [0.1, 0.15) is 5.37 Å². The predicted octanol–water partition coefficient (Wildman–Crippen LogP) is 0.319. The number of carbonyl (C=O) groups is 2. The van der Waals surface area contributed by atoms with E-state index >= 15 is 0 Å². The average Bonchev–Trinajstić information content (AvgIpc) is 2.61. The summed E-state index contributed by atoms with van der Waals surface area (Å²) in [7, 11) is 0. The van der Waals surface area contributed by atoms with Gasteiger partial charge in [0, 0.05) is 0 Å². The number of hydrogen-bond donors (Lipinski definition) is 0. The second kappa shape index (κ2) is 4.79. The van der Waals surface area contributed by atoms with Crippen LogP contribution < -0.4 is 5.11 Å². The van der Waals surface area contributed by atoms with Crippen LogP contribution in [0.3, 0.4) is 0 Å². The third kappa shape index (κ3) is 2.44. The van der Waals surface area contributed by atoms with E-state index in [2.05, 4.69) is 0 Å². The number of amides is 1. The molecule has 17 heavy (non-hydrogen) atoms. The number of thioether (sulfide) groups is 1. The third-order valence-electron chi connectivity index (χ3n) is 2.72. The number of carbonyl (C=O) groups excluding carboxylic acids is 2. The second-order valence-electron chi connectivity index (χ2n) is 3.91. The lowest BCUT2D eigenvalue weighted by molar-refractivity contribution is -0.306. The average molecular weight is 250 g/mol. The van der Waals surface area contributed by atoms with E-state index in [1.807, 2.05) is 31.2 Å². The molecule has 1 saturated heterocycles. The largest absolute Gasteiger partial charge is 0.548 e. The lowest BCUT2D eigenvalue weighted by atomic mass is 10.1. The van der Waals surface area contributed by atoms with Gasteiger partial charge in [-0.15, -0.1) is 11.8 Å². The Hall–Kier alpha value is -1.49. The van der Waals surface area contributed by atoms with Crippen molar-refractivity contribution < 1.29 is 14.7 Å². The zero-order valence-electron chi connectivity index (χ0n) is 9.38. The minimum absolute atomic E-state index is 0.146. The van der Waals surface area contributed by atoms with Gasteiger partial charge in [0.25, 0.3) is 0 Å². The van der Waals surface area contributed by atoms with Crippen LogP contribution in [0.4, 0.5) is 0 Å². The maximum absolute atomic E-state index is 11.6. The topological polar surface area (TPSA) is 60.4 Å². The normalized spacial score (nSPS) is 19.7. The van der Waals surface area contributed by atoms with E-state index in [1.165, 1.54) is 16.7 Å². The smallest absolute Gasteiger partial charge is 0.234 e. The summed E-state index contributed by atoms with van der Waals surface area (Å²) in [5, 5.41) is 10.4. The minimum atomic E-state index is -1.22. The van der Waals surface area contributed by atoms with Crippen LogP contribution in [0, 0.1) is 6.92 Å². The molecule has 1 amide bonds. The van der Waals surface area contributed by atoms with Crippen molar-refractivity contribution >= 4 is 23.6 Å². The van der Waals surface area contributed by atoms with E-state index in [9.17, 15) is 14.7 Å². The Morgan fingerprint density at radius 1 is 1.53 bits per heavy atom. The monoisotopic (exact) mass is 250 g/mol. The predicted molar refractivity (Wildman–Crippen MR) is 63.1 cm³/mol. The summed E-state index contributed by atoms with van der Waals surface area (Å²) in [4.78, 5) is 23.6. The molecule has 1 heterocycles. The first-order valence-corrected chi connectivity index (χ1v) is 6.31. The lowest BCUT2D eigenvalue weighted by Crippen LogP contribution is -2.40. The summed E-state index contributed by atoms with van der Waals surface area (Å²) in [5.74, 6) is -1.04. The maximum Gasteiger partial charge on any atom is 0.234 e. The first-order chi connectivity index (χ1) is 8.09. The third-order valence-corrected chi connectivity index (χ3v) is 3.96. The number of carboxylic acid groups (broad SMARTS) is 1. The van der Waals surface area contributed by atoms with Gasteiger partial charge in [0.15, 0.2) is 0 Å². The highest BCUT2D eigenvalue weighted by Gasteiger charge is 2.33. The molecular weight excluding hydrogens is 238 g/mol. The number of nitrogens with zero attached hydrogens (tertiary/aromatic N) is 1. The number of hydrogen-bond acceptors (Lipinski definition) is 4. The van der Waals surface area contributed by atoms with Crippen molar-refractivity contribution in [2.45, 2.75) is 12.3 Å². The van der Waals surface area contributed by atoms with E-state index in [4.69, 9.17) is 0 Å². The quantitative estimate of drug-likeness (QED) is 0.775. The van der Waals surface area contributed by atoms with Crippen LogP contribution in [0.2, 0.25) is 0 Å². The Morgan fingerprint density at radius 2 is 2.24 bits per heavy atom. The fourth-order valence-electron chi connectivity index (χ4n) is 1.89. The molecule has 0 radical (unpaired) electrons. The van der Waals surface area contributed by atoms with Gasteiger partial charge >= 0.3 is 0 Å². The van der Waals surface area contributed by atoms with Gasteiger partial charge in [0.05, 0.1) is 18.3 Å². The molecule has 0 spiro atoms. The number of rotatable bonds is 3. The lowest BCUT2D eigenvalue weighted by Gasteiger charge is -2.25. The molecule has 1 atom stereocenters. The summed E-state index contributed by atoms with van der Waals surface area (Å²) in [6.45, 7) is 1.61. The zero-order valence-corrected chi connectivity index (χ0v) is 10.2. The van der Waals surface area contributed by atoms with Gasteiger partial charge in [0.2, 0.25) is 5.91 Å². The highest BCUT2D eigenvalue weighted by Crippen LogP contribution is 2.39. The molecule has 0 bridgehead atoms. The van der Waals surface area contributed by atoms with Gasteiger partial charge in [-0.25, -0.2) is 0 Å². The van der Waals surface area contributed by atoms with Gasteiger partial charge in [-0.3, -0.25) is 4.79 Å².